The molecule has 1 fully saturated rings. The first-order chi connectivity index (χ1) is 10.7. The molecular weight excluding hydrogens is 343 g/mol. The highest BCUT2D eigenvalue weighted by Gasteiger charge is 2.30. The van der Waals surface area contributed by atoms with Crippen molar-refractivity contribution in [2.75, 3.05) is 19.6 Å². The fourth-order valence-electron chi connectivity index (χ4n) is 2.48. The molecule has 0 bridgehead atoms. The largest absolute Gasteiger partial charge is 0.243 e. The Labute approximate surface area is 136 Å². The van der Waals surface area contributed by atoms with E-state index in [-0.39, 0.29) is 23.9 Å². The molecule has 1 unspecified atom stereocenters. The van der Waals surface area contributed by atoms with E-state index in [1.165, 1.54) is 22.5 Å². The topological polar surface area (TPSA) is 83.6 Å². The third-order valence-corrected chi connectivity index (χ3v) is 6.58. The molecule has 6 nitrogen and oxygen atoms in total. The molecule has 2 rings (SSSR count). The second-order valence-electron chi connectivity index (χ2n) is 5.39. The molecule has 1 atom stereocenters. The summed E-state index contributed by atoms with van der Waals surface area (Å²) in [5.41, 5.74) is 0. The van der Waals surface area contributed by atoms with E-state index in [9.17, 15) is 21.2 Å². The van der Waals surface area contributed by atoms with Crippen molar-refractivity contribution in [3.63, 3.8) is 0 Å². The smallest absolute Gasteiger partial charge is 0.211 e. The summed E-state index contributed by atoms with van der Waals surface area (Å²) in [5.74, 6) is -0.750. The summed E-state index contributed by atoms with van der Waals surface area (Å²) in [4.78, 5) is -0.0928. The van der Waals surface area contributed by atoms with Crippen LogP contribution in [0.1, 0.15) is 12.8 Å². The Morgan fingerprint density at radius 3 is 2.74 bits per heavy atom. The summed E-state index contributed by atoms with van der Waals surface area (Å²) < 4.78 is 64.8. The molecule has 0 saturated carbocycles. The highest BCUT2D eigenvalue weighted by atomic mass is 32.2. The molecule has 128 valence electrons. The Bertz CT molecular complexity index is 778. The van der Waals surface area contributed by atoms with Gasteiger partial charge in [-0.2, -0.15) is 4.31 Å². The van der Waals surface area contributed by atoms with Crippen molar-refractivity contribution in [3.05, 3.63) is 42.1 Å². The van der Waals surface area contributed by atoms with Gasteiger partial charge in [0.15, 0.2) is 0 Å². The lowest BCUT2D eigenvalue weighted by molar-refractivity contribution is 0.267. The number of piperidine rings is 1. The molecule has 9 heteroatoms. The minimum atomic E-state index is -3.78. The highest BCUT2D eigenvalue weighted by Crippen LogP contribution is 2.24. The molecule has 1 aliphatic heterocycles. The summed E-state index contributed by atoms with van der Waals surface area (Å²) in [6.07, 6.45) is 1.34. The van der Waals surface area contributed by atoms with E-state index in [2.05, 4.69) is 11.3 Å². The number of nitrogens with one attached hydrogen (secondary N) is 1. The van der Waals surface area contributed by atoms with Gasteiger partial charge < -0.3 is 0 Å². The fourth-order valence-corrected chi connectivity index (χ4v) is 4.65. The van der Waals surface area contributed by atoms with Gasteiger partial charge in [-0.25, -0.2) is 25.9 Å². The Morgan fingerprint density at radius 1 is 1.35 bits per heavy atom. The first-order valence-electron chi connectivity index (χ1n) is 7.12. The fraction of sp³-hybridized carbons (Fsp3) is 0.429. The summed E-state index contributed by atoms with van der Waals surface area (Å²) in [7, 11) is -7.31. The first kappa shape index (κ1) is 18.1. The van der Waals surface area contributed by atoms with Crippen molar-refractivity contribution >= 4 is 20.0 Å². The van der Waals surface area contributed by atoms with E-state index in [1.807, 2.05) is 0 Å². The maximum Gasteiger partial charge on any atom is 0.243 e. The Balaban J connectivity index is 2.10. The number of halogens is 1. The number of nitrogens with zero attached hydrogens (tertiary/aromatic N) is 1. The van der Waals surface area contributed by atoms with Crippen molar-refractivity contribution in [2.45, 2.75) is 17.7 Å². The van der Waals surface area contributed by atoms with Gasteiger partial charge in [0.05, 0.1) is 4.90 Å². The van der Waals surface area contributed by atoms with E-state index in [0.717, 1.165) is 17.9 Å². The molecule has 0 spiro atoms. The maximum atomic E-state index is 13.3. The predicted molar refractivity (Wildman–Crippen MR) is 85.0 cm³/mol. The maximum absolute atomic E-state index is 13.3. The van der Waals surface area contributed by atoms with Gasteiger partial charge in [-0.05, 0) is 37.0 Å². The van der Waals surface area contributed by atoms with Crippen LogP contribution in [0.25, 0.3) is 0 Å². The average molecular weight is 362 g/mol. The van der Waals surface area contributed by atoms with Crippen LogP contribution in [0, 0.1) is 11.7 Å². The molecule has 0 aromatic heterocycles. The standard InChI is InChI=1S/C14H19FN2O4S2/c1-2-22(18,19)16-10-12-5-4-8-17(11-12)23(20,21)14-7-3-6-13(15)9-14/h2-3,6-7,9,12,16H,1,4-5,8,10-11H2. The van der Waals surface area contributed by atoms with Gasteiger partial charge in [0.1, 0.15) is 5.82 Å². The lowest BCUT2D eigenvalue weighted by atomic mass is 10.0. The van der Waals surface area contributed by atoms with Crippen LogP contribution < -0.4 is 4.72 Å². The second kappa shape index (κ2) is 7.08. The molecule has 0 radical (unpaired) electrons. The Hall–Kier alpha value is -1.29. The Morgan fingerprint density at radius 2 is 2.09 bits per heavy atom. The van der Waals surface area contributed by atoms with Gasteiger partial charge in [0, 0.05) is 25.0 Å². The molecule has 1 aliphatic rings. The Kier molecular flexibility index (Phi) is 5.56. The number of benzene rings is 1. The van der Waals surface area contributed by atoms with Crippen LogP contribution >= 0.6 is 0 Å². The summed E-state index contributed by atoms with van der Waals surface area (Å²) in [5, 5.41) is 0.817. The van der Waals surface area contributed by atoms with Crippen LogP contribution in [0.3, 0.4) is 0 Å². The third kappa shape index (κ3) is 4.60. The summed E-state index contributed by atoms with van der Waals surface area (Å²) in [6.45, 7) is 3.88. The minimum Gasteiger partial charge on any atom is -0.211 e. The molecule has 1 N–H and O–H groups in total. The summed E-state index contributed by atoms with van der Waals surface area (Å²) >= 11 is 0. The predicted octanol–water partition coefficient (Wildman–Crippen LogP) is 1.29. The highest BCUT2D eigenvalue weighted by molar-refractivity contribution is 7.92. The van der Waals surface area contributed by atoms with Crippen molar-refractivity contribution in [2.24, 2.45) is 5.92 Å². The average Bonchev–Trinajstić information content (AvgIpc) is 2.53. The number of hydrogen-bond acceptors (Lipinski definition) is 4. The third-order valence-electron chi connectivity index (χ3n) is 3.71. The zero-order valence-corrected chi connectivity index (χ0v) is 14.1. The van der Waals surface area contributed by atoms with Gasteiger partial charge in [-0.3, -0.25) is 0 Å². The van der Waals surface area contributed by atoms with E-state index in [4.69, 9.17) is 0 Å². The number of hydrogen-bond donors (Lipinski definition) is 1. The molecule has 1 aromatic carbocycles. The lowest BCUT2D eigenvalue weighted by Gasteiger charge is -2.31. The monoisotopic (exact) mass is 362 g/mol. The van der Waals surface area contributed by atoms with Gasteiger partial charge in [-0.1, -0.05) is 12.6 Å². The second-order valence-corrected chi connectivity index (χ2v) is 9.04. The SMILES string of the molecule is C=CS(=O)(=O)NCC1CCCN(S(=O)(=O)c2cccc(F)c2)C1. The number of sulfonamides is 2. The van der Waals surface area contributed by atoms with Crippen molar-refractivity contribution < 1.29 is 21.2 Å². The van der Waals surface area contributed by atoms with Gasteiger partial charge >= 0.3 is 0 Å². The van der Waals surface area contributed by atoms with Crippen LogP contribution in [0.4, 0.5) is 4.39 Å². The van der Waals surface area contributed by atoms with Crippen LogP contribution in [-0.2, 0) is 20.0 Å². The molecule has 0 amide bonds. The normalized spacial score (nSPS) is 20.3. The zero-order chi connectivity index (χ0) is 17.1. The van der Waals surface area contributed by atoms with Crippen molar-refractivity contribution in [3.8, 4) is 0 Å². The quantitative estimate of drug-likeness (QED) is 0.826. The molecular formula is C14H19FN2O4S2. The molecule has 1 saturated heterocycles. The lowest BCUT2D eigenvalue weighted by Crippen LogP contribution is -2.43. The zero-order valence-electron chi connectivity index (χ0n) is 12.5. The van der Waals surface area contributed by atoms with E-state index >= 15 is 0 Å². The van der Waals surface area contributed by atoms with Crippen molar-refractivity contribution in [1.82, 2.24) is 9.03 Å². The first-order valence-corrected chi connectivity index (χ1v) is 10.1. The minimum absolute atomic E-state index is 0.0928. The van der Waals surface area contributed by atoms with E-state index in [0.29, 0.717) is 13.0 Å². The molecule has 23 heavy (non-hydrogen) atoms. The van der Waals surface area contributed by atoms with E-state index in [1.54, 1.807) is 0 Å². The summed E-state index contributed by atoms with van der Waals surface area (Å²) in [6, 6.07) is 4.87. The molecule has 1 heterocycles. The molecule has 0 aliphatic carbocycles. The van der Waals surface area contributed by atoms with Crippen LogP contribution in [0.5, 0.6) is 0 Å². The number of rotatable bonds is 6. The van der Waals surface area contributed by atoms with Gasteiger partial charge in [0.25, 0.3) is 0 Å². The van der Waals surface area contributed by atoms with Crippen LogP contribution in [-0.4, -0.2) is 40.8 Å². The molecule has 1 aromatic rings. The van der Waals surface area contributed by atoms with Crippen LogP contribution in [0.15, 0.2) is 41.1 Å². The van der Waals surface area contributed by atoms with E-state index < -0.39 is 25.9 Å². The van der Waals surface area contributed by atoms with Crippen LogP contribution in [0.2, 0.25) is 0 Å². The van der Waals surface area contributed by atoms with Crippen molar-refractivity contribution in [1.29, 1.82) is 0 Å². The van der Waals surface area contributed by atoms with Gasteiger partial charge in [0.2, 0.25) is 20.0 Å². The van der Waals surface area contributed by atoms with Gasteiger partial charge in [-0.15, -0.1) is 0 Å².